The molecule has 5 rings (SSSR count). The molecule has 0 saturated carbocycles. The maximum Gasteiger partial charge on any atom is 0.408 e. The lowest BCUT2D eigenvalue weighted by Crippen LogP contribution is -2.54. The molecular weight excluding hydrogens is 584 g/mol. The number of hydrogen-bond acceptors (Lipinski definition) is 10. The van der Waals surface area contributed by atoms with Crippen LogP contribution in [0.1, 0.15) is 66.2 Å². The van der Waals surface area contributed by atoms with E-state index in [4.69, 9.17) is 21.1 Å². The molecule has 3 atom stereocenters. The van der Waals surface area contributed by atoms with Gasteiger partial charge in [0.1, 0.15) is 5.60 Å². The molecule has 12 nitrogen and oxygen atoms in total. The highest BCUT2D eigenvalue weighted by Crippen LogP contribution is 2.29. The zero-order chi connectivity index (χ0) is 31.3. The number of aromatic nitrogens is 4. The number of ether oxygens (including phenoxy) is 2. The quantitative estimate of drug-likeness (QED) is 0.429. The smallest absolute Gasteiger partial charge is 0.408 e. The summed E-state index contributed by atoms with van der Waals surface area (Å²) in [6.07, 6.45) is 11.7. The van der Waals surface area contributed by atoms with Crippen LogP contribution in [0.4, 0.5) is 16.7 Å². The van der Waals surface area contributed by atoms with Gasteiger partial charge in [-0.1, -0.05) is 18.5 Å². The number of carbonyl (C=O) groups excluding carboxylic acids is 2. The highest BCUT2D eigenvalue weighted by molar-refractivity contribution is 6.30. The zero-order valence-corrected chi connectivity index (χ0v) is 27.0. The number of rotatable bonds is 9. The van der Waals surface area contributed by atoms with Gasteiger partial charge in [0.15, 0.2) is 5.75 Å². The maximum atomic E-state index is 12.8. The number of carbonyl (C=O) groups is 2. The summed E-state index contributed by atoms with van der Waals surface area (Å²) in [5, 5.41) is 3.55. The fraction of sp³-hybridized carbons (Fsp3) is 0.677. The molecule has 3 aliphatic heterocycles. The molecule has 44 heavy (non-hydrogen) atoms. The van der Waals surface area contributed by atoms with E-state index in [-0.39, 0.29) is 18.0 Å². The van der Waals surface area contributed by atoms with Gasteiger partial charge < -0.3 is 29.5 Å². The second-order valence-electron chi connectivity index (χ2n) is 13.1. The molecule has 2 aromatic heterocycles. The molecule has 0 unspecified atom stereocenters. The van der Waals surface area contributed by atoms with Crippen molar-refractivity contribution in [3.63, 3.8) is 0 Å². The number of amides is 2. The van der Waals surface area contributed by atoms with Crippen LogP contribution in [0.2, 0.25) is 5.02 Å². The van der Waals surface area contributed by atoms with Gasteiger partial charge >= 0.3 is 6.09 Å². The summed E-state index contributed by atoms with van der Waals surface area (Å²) in [6.45, 7) is 12.0. The molecule has 5 heterocycles. The Morgan fingerprint density at radius 1 is 1.00 bits per heavy atom. The van der Waals surface area contributed by atoms with Gasteiger partial charge in [0.2, 0.25) is 17.8 Å². The van der Waals surface area contributed by atoms with E-state index in [0.29, 0.717) is 61.2 Å². The SMILES string of the molecule is C[C@H](CCOc1cnc(N2C[C@H](NC(=O)OC(C)(C)C)[C@H](N3CCCCC3=O)C2)nc1)C1CCN(c2ncc(Cl)cn2)CC1. The first-order valence-electron chi connectivity index (χ1n) is 15.8. The van der Waals surface area contributed by atoms with E-state index < -0.39 is 11.7 Å². The topological polar surface area (TPSA) is 126 Å². The molecule has 3 aliphatic rings. The Morgan fingerprint density at radius 3 is 2.32 bits per heavy atom. The molecule has 13 heteroatoms. The predicted octanol–water partition coefficient (Wildman–Crippen LogP) is 4.34. The van der Waals surface area contributed by atoms with Crippen LogP contribution in [0, 0.1) is 11.8 Å². The third kappa shape index (κ3) is 8.40. The molecule has 0 spiro atoms. The standard InChI is InChI=1S/C31H45ClN8O4/c1-21(22-8-12-38(13-9-22)28-33-15-23(32)16-34-28)10-14-43-24-17-35-29(36-18-24)39-19-25(37-30(42)44-31(2,3)4)26(20-39)40-11-6-5-7-27(40)41/h15-18,21-22,25-26H,5-14,19-20H2,1-4H3,(H,37,42)/t21-,25+,26-/m1/s1. The Morgan fingerprint density at radius 2 is 1.66 bits per heavy atom. The summed E-state index contributed by atoms with van der Waals surface area (Å²) in [6, 6.07) is -0.472. The van der Waals surface area contributed by atoms with E-state index in [1.165, 1.54) is 0 Å². The molecule has 2 amide bonds. The third-order valence-electron chi connectivity index (χ3n) is 8.72. The van der Waals surface area contributed by atoms with Gasteiger partial charge in [0.05, 0.1) is 48.5 Å². The second kappa shape index (κ2) is 14.1. The summed E-state index contributed by atoms with van der Waals surface area (Å²) in [4.78, 5) is 49.4. The van der Waals surface area contributed by atoms with Gasteiger partial charge in [-0.05, 0) is 64.7 Å². The summed E-state index contributed by atoms with van der Waals surface area (Å²) in [7, 11) is 0. The number of alkyl carbamates (subject to hydrolysis) is 1. The van der Waals surface area contributed by atoms with Gasteiger partial charge in [0.25, 0.3) is 0 Å². The number of nitrogens with one attached hydrogen (secondary N) is 1. The van der Waals surface area contributed by atoms with Crippen LogP contribution in [-0.2, 0) is 9.53 Å². The van der Waals surface area contributed by atoms with E-state index in [9.17, 15) is 9.59 Å². The fourth-order valence-electron chi connectivity index (χ4n) is 6.33. The highest BCUT2D eigenvalue weighted by atomic mass is 35.5. The molecule has 0 bridgehead atoms. The van der Waals surface area contributed by atoms with E-state index in [1.54, 1.807) is 24.8 Å². The molecule has 2 aromatic rings. The van der Waals surface area contributed by atoms with Gasteiger partial charge in [0, 0.05) is 39.1 Å². The van der Waals surface area contributed by atoms with Crippen LogP contribution in [0.3, 0.4) is 0 Å². The number of nitrogens with zero attached hydrogens (tertiary/aromatic N) is 7. The molecule has 0 aromatic carbocycles. The summed E-state index contributed by atoms with van der Waals surface area (Å²) in [5.41, 5.74) is -0.611. The van der Waals surface area contributed by atoms with Crippen LogP contribution >= 0.6 is 11.6 Å². The van der Waals surface area contributed by atoms with Crippen molar-refractivity contribution in [1.82, 2.24) is 30.2 Å². The van der Waals surface area contributed by atoms with Crippen LogP contribution in [-0.4, -0.2) is 93.9 Å². The molecule has 240 valence electrons. The van der Waals surface area contributed by atoms with Crippen LogP contribution in [0.25, 0.3) is 0 Å². The van der Waals surface area contributed by atoms with Gasteiger partial charge in [-0.25, -0.2) is 24.7 Å². The van der Waals surface area contributed by atoms with E-state index >= 15 is 0 Å². The van der Waals surface area contributed by atoms with E-state index in [0.717, 1.165) is 51.1 Å². The molecule has 1 N–H and O–H groups in total. The van der Waals surface area contributed by atoms with Crippen molar-refractivity contribution in [2.75, 3.05) is 49.1 Å². The lowest BCUT2D eigenvalue weighted by molar-refractivity contribution is -0.135. The van der Waals surface area contributed by atoms with Crippen LogP contribution in [0.5, 0.6) is 5.75 Å². The minimum absolute atomic E-state index is 0.124. The summed E-state index contributed by atoms with van der Waals surface area (Å²) in [5.74, 6) is 3.19. The van der Waals surface area contributed by atoms with Crippen molar-refractivity contribution in [2.24, 2.45) is 11.8 Å². The summed E-state index contributed by atoms with van der Waals surface area (Å²) >= 11 is 5.92. The van der Waals surface area contributed by atoms with Crippen LogP contribution in [0.15, 0.2) is 24.8 Å². The zero-order valence-electron chi connectivity index (χ0n) is 26.2. The van der Waals surface area contributed by atoms with Crippen molar-refractivity contribution in [2.45, 2.75) is 83.9 Å². The number of hydrogen-bond donors (Lipinski definition) is 1. The lowest BCUT2D eigenvalue weighted by atomic mass is 9.84. The van der Waals surface area contributed by atoms with Crippen molar-refractivity contribution in [3.8, 4) is 5.75 Å². The first-order valence-corrected chi connectivity index (χ1v) is 16.1. The van der Waals surface area contributed by atoms with Gasteiger partial charge in [-0.3, -0.25) is 4.79 Å². The van der Waals surface area contributed by atoms with E-state index in [2.05, 4.69) is 37.1 Å². The van der Waals surface area contributed by atoms with Crippen molar-refractivity contribution >= 4 is 35.5 Å². The first-order chi connectivity index (χ1) is 21.1. The fourth-order valence-corrected chi connectivity index (χ4v) is 6.42. The minimum Gasteiger partial charge on any atom is -0.490 e. The number of halogens is 1. The largest absolute Gasteiger partial charge is 0.490 e. The Balaban J connectivity index is 1.11. The Bertz CT molecular complexity index is 1250. The number of likely N-dealkylation sites (tertiary alicyclic amines) is 1. The molecule has 0 radical (unpaired) electrons. The molecular formula is C31H45ClN8O4. The average molecular weight is 629 g/mol. The molecule has 3 saturated heterocycles. The summed E-state index contributed by atoms with van der Waals surface area (Å²) < 4.78 is 11.5. The first kappa shape index (κ1) is 32.0. The van der Waals surface area contributed by atoms with Gasteiger partial charge in [-0.15, -0.1) is 0 Å². The van der Waals surface area contributed by atoms with Crippen molar-refractivity contribution in [1.29, 1.82) is 0 Å². The van der Waals surface area contributed by atoms with E-state index in [1.807, 2.05) is 30.6 Å². The normalized spacial score (nSPS) is 22.2. The Labute approximate surface area is 264 Å². The Hall–Kier alpha value is -3.41. The van der Waals surface area contributed by atoms with Crippen molar-refractivity contribution in [3.05, 3.63) is 29.8 Å². The maximum absolute atomic E-state index is 12.8. The van der Waals surface area contributed by atoms with Crippen LogP contribution < -0.4 is 19.9 Å². The van der Waals surface area contributed by atoms with Gasteiger partial charge in [-0.2, -0.15) is 0 Å². The predicted molar refractivity (Wildman–Crippen MR) is 168 cm³/mol. The Kier molecular flexibility index (Phi) is 10.3. The van der Waals surface area contributed by atoms with Crippen molar-refractivity contribution < 1.29 is 19.1 Å². The molecule has 0 aliphatic carbocycles. The number of anilines is 2. The highest BCUT2D eigenvalue weighted by Gasteiger charge is 2.41. The average Bonchev–Trinajstić information content (AvgIpc) is 3.40. The second-order valence-corrected chi connectivity index (χ2v) is 13.6. The molecule has 3 fully saturated rings. The minimum atomic E-state index is -0.611. The monoisotopic (exact) mass is 628 g/mol. The number of piperidine rings is 2. The third-order valence-corrected chi connectivity index (χ3v) is 8.92. The lowest BCUT2D eigenvalue weighted by Gasteiger charge is -2.35.